The molecule has 8 nitrogen and oxygen atoms in total. The van der Waals surface area contributed by atoms with Gasteiger partial charge in [-0.15, -0.1) is 10.2 Å². The number of aromatic nitrogens is 2. The smallest absolute Gasteiger partial charge is 0.219 e. The van der Waals surface area contributed by atoms with Gasteiger partial charge >= 0.3 is 0 Å². The molecule has 4 rings (SSSR count). The molecule has 0 spiro atoms. The summed E-state index contributed by atoms with van der Waals surface area (Å²) in [6.07, 6.45) is 2.89. The van der Waals surface area contributed by atoms with Gasteiger partial charge in [-0.05, 0) is 19.8 Å². The summed E-state index contributed by atoms with van der Waals surface area (Å²) >= 11 is 0. The van der Waals surface area contributed by atoms with Gasteiger partial charge < -0.3 is 25.2 Å². The van der Waals surface area contributed by atoms with E-state index in [1.165, 1.54) is 0 Å². The number of amides is 1. The maximum absolute atomic E-state index is 11.7. The third-order valence-electron chi connectivity index (χ3n) is 5.78. The predicted molar refractivity (Wildman–Crippen MR) is 99.1 cm³/mol. The molecule has 0 aromatic carbocycles. The molecule has 1 amide bonds. The molecule has 3 aliphatic rings. The van der Waals surface area contributed by atoms with Crippen molar-refractivity contribution in [1.29, 1.82) is 0 Å². The fourth-order valence-corrected chi connectivity index (χ4v) is 4.35. The number of piperazine rings is 1. The summed E-state index contributed by atoms with van der Waals surface area (Å²) in [6.45, 7) is 8.11. The molecule has 0 radical (unpaired) electrons. The molecule has 3 atom stereocenters. The Morgan fingerprint density at radius 3 is 2.58 bits per heavy atom. The molecule has 0 saturated carbocycles. The van der Waals surface area contributed by atoms with E-state index in [0.717, 1.165) is 62.8 Å². The number of hydrogen-bond donors (Lipinski definition) is 1. The normalized spacial score (nSPS) is 28.6. The Balaban J connectivity index is 1.58. The number of nitrogens with two attached hydrogens (primary N) is 1. The van der Waals surface area contributed by atoms with Crippen LogP contribution in [0.5, 0.6) is 0 Å². The lowest BCUT2D eigenvalue weighted by molar-refractivity contribution is -0.129. The summed E-state index contributed by atoms with van der Waals surface area (Å²) in [7, 11) is 0. The maximum atomic E-state index is 11.7. The van der Waals surface area contributed by atoms with Gasteiger partial charge in [0.2, 0.25) is 5.91 Å². The zero-order valence-corrected chi connectivity index (χ0v) is 15.6. The number of fused-ring (bicyclic) bond motifs is 2. The fraction of sp³-hybridized carbons (Fsp3) is 0.722. The molecule has 8 heteroatoms. The second-order valence-electron chi connectivity index (χ2n) is 7.61. The SMILES string of the molecule is CC(=O)N1CCN(c2cc(N3CC4CCC(C3)O4)nnc2CN)[C@H](C)C1. The summed E-state index contributed by atoms with van der Waals surface area (Å²) in [6, 6.07) is 2.34. The molecule has 2 unspecified atom stereocenters. The van der Waals surface area contributed by atoms with Crippen LogP contribution in [-0.2, 0) is 16.1 Å². The summed E-state index contributed by atoms with van der Waals surface area (Å²) in [5, 5.41) is 8.87. The number of anilines is 2. The van der Waals surface area contributed by atoms with Crippen molar-refractivity contribution in [2.75, 3.05) is 42.5 Å². The van der Waals surface area contributed by atoms with Crippen LogP contribution in [0.1, 0.15) is 32.4 Å². The van der Waals surface area contributed by atoms with Crippen LogP contribution in [0.2, 0.25) is 0 Å². The lowest BCUT2D eigenvalue weighted by atomic mass is 10.1. The van der Waals surface area contributed by atoms with Gasteiger partial charge in [0.15, 0.2) is 5.82 Å². The molecular formula is C18H28N6O2. The number of carbonyl (C=O) groups is 1. The van der Waals surface area contributed by atoms with Crippen LogP contribution in [0.15, 0.2) is 6.07 Å². The Labute approximate surface area is 154 Å². The van der Waals surface area contributed by atoms with Crippen molar-refractivity contribution in [1.82, 2.24) is 15.1 Å². The highest BCUT2D eigenvalue weighted by Gasteiger charge is 2.35. The quantitative estimate of drug-likeness (QED) is 0.833. The van der Waals surface area contributed by atoms with Crippen molar-refractivity contribution in [3.63, 3.8) is 0 Å². The number of ether oxygens (including phenoxy) is 1. The monoisotopic (exact) mass is 360 g/mol. The third kappa shape index (κ3) is 3.23. The van der Waals surface area contributed by atoms with Gasteiger partial charge in [-0.3, -0.25) is 4.79 Å². The van der Waals surface area contributed by atoms with Gasteiger partial charge in [-0.2, -0.15) is 0 Å². The fourth-order valence-electron chi connectivity index (χ4n) is 4.35. The first kappa shape index (κ1) is 17.5. The first-order chi connectivity index (χ1) is 12.5. The number of nitrogens with zero attached hydrogens (tertiary/aromatic N) is 5. The van der Waals surface area contributed by atoms with Crippen molar-refractivity contribution >= 4 is 17.4 Å². The summed E-state index contributed by atoms with van der Waals surface area (Å²) in [5.41, 5.74) is 7.79. The number of morpholine rings is 1. The Hall–Kier alpha value is -1.93. The molecule has 3 saturated heterocycles. The van der Waals surface area contributed by atoms with E-state index in [-0.39, 0.29) is 11.9 Å². The summed E-state index contributed by atoms with van der Waals surface area (Å²) < 4.78 is 5.93. The number of rotatable bonds is 3. The second-order valence-corrected chi connectivity index (χ2v) is 7.61. The van der Waals surface area contributed by atoms with Gasteiger partial charge in [-0.1, -0.05) is 0 Å². The van der Waals surface area contributed by atoms with Crippen molar-refractivity contribution in [3.05, 3.63) is 11.8 Å². The minimum atomic E-state index is 0.132. The molecule has 0 aliphatic carbocycles. The van der Waals surface area contributed by atoms with Crippen molar-refractivity contribution in [2.45, 2.75) is 51.5 Å². The van der Waals surface area contributed by atoms with E-state index < -0.39 is 0 Å². The summed E-state index contributed by atoms with van der Waals surface area (Å²) in [5.74, 6) is 1.03. The Kier molecular flexibility index (Phi) is 4.71. The van der Waals surface area contributed by atoms with E-state index >= 15 is 0 Å². The van der Waals surface area contributed by atoms with Gasteiger partial charge in [0, 0.05) is 58.3 Å². The van der Waals surface area contributed by atoms with Crippen molar-refractivity contribution in [2.24, 2.45) is 5.73 Å². The highest BCUT2D eigenvalue weighted by Crippen LogP contribution is 2.31. The number of hydrogen-bond acceptors (Lipinski definition) is 7. The molecule has 1 aromatic rings. The summed E-state index contributed by atoms with van der Waals surface area (Å²) in [4.78, 5) is 18.2. The van der Waals surface area contributed by atoms with Crippen molar-refractivity contribution < 1.29 is 9.53 Å². The molecule has 2 bridgehead atoms. The molecular weight excluding hydrogens is 332 g/mol. The van der Waals surface area contributed by atoms with Crippen LogP contribution in [0.4, 0.5) is 11.5 Å². The largest absolute Gasteiger partial charge is 0.371 e. The minimum Gasteiger partial charge on any atom is -0.371 e. The van der Waals surface area contributed by atoms with Gasteiger partial charge in [-0.25, -0.2) is 0 Å². The van der Waals surface area contributed by atoms with E-state index in [1.807, 2.05) is 4.90 Å². The zero-order valence-electron chi connectivity index (χ0n) is 15.6. The van der Waals surface area contributed by atoms with E-state index in [1.54, 1.807) is 6.92 Å². The molecule has 4 heterocycles. The second kappa shape index (κ2) is 7.00. The molecule has 142 valence electrons. The van der Waals surface area contributed by atoms with E-state index in [9.17, 15) is 4.79 Å². The molecule has 3 fully saturated rings. The van der Waals surface area contributed by atoms with Crippen LogP contribution in [0.25, 0.3) is 0 Å². The van der Waals surface area contributed by atoms with E-state index in [4.69, 9.17) is 10.5 Å². The average molecular weight is 360 g/mol. The highest BCUT2D eigenvalue weighted by molar-refractivity contribution is 5.73. The topological polar surface area (TPSA) is 87.8 Å². The van der Waals surface area contributed by atoms with Crippen LogP contribution < -0.4 is 15.5 Å². The van der Waals surface area contributed by atoms with E-state index in [2.05, 4.69) is 33.0 Å². The van der Waals surface area contributed by atoms with Gasteiger partial charge in [0.25, 0.3) is 0 Å². The van der Waals surface area contributed by atoms with E-state index in [0.29, 0.717) is 18.8 Å². The predicted octanol–water partition coefficient (Wildman–Crippen LogP) is 0.360. The van der Waals surface area contributed by atoms with Gasteiger partial charge in [0.05, 0.1) is 17.9 Å². The van der Waals surface area contributed by atoms with Crippen LogP contribution in [0.3, 0.4) is 0 Å². The Morgan fingerprint density at radius 2 is 1.96 bits per heavy atom. The van der Waals surface area contributed by atoms with Crippen LogP contribution >= 0.6 is 0 Å². The third-order valence-corrected chi connectivity index (χ3v) is 5.78. The first-order valence-electron chi connectivity index (χ1n) is 9.54. The van der Waals surface area contributed by atoms with Crippen LogP contribution in [-0.4, -0.2) is 72.0 Å². The minimum absolute atomic E-state index is 0.132. The van der Waals surface area contributed by atoms with Crippen molar-refractivity contribution in [3.8, 4) is 0 Å². The molecule has 3 aliphatic heterocycles. The standard InChI is InChI=1S/C18H28N6O2/c1-12-9-22(13(2)25)5-6-24(12)17-7-18(21-20-16(17)8-19)23-10-14-3-4-15(11-23)26-14/h7,12,14-15H,3-6,8-11,19H2,1-2H3/t12-,14?,15?/m1/s1. The Morgan fingerprint density at radius 1 is 1.23 bits per heavy atom. The molecule has 2 N–H and O–H groups in total. The molecule has 1 aromatic heterocycles. The number of carbonyl (C=O) groups excluding carboxylic acids is 1. The van der Waals surface area contributed by atoms with Gasteiger partial charge in [0.1, 0.15) is 5.69 Å². The average Bonchev–Trinajstić information content (AvgIpc) is 2.98. The highest BCUT2D eigenvalue weighted by atomic mass is 16.5. The zero-order chi connectivity index (χ0) is 18.3. The first-order valence-corrected chi connectivity index (χ1v) is 9.54. The Bertz CT molecular complexity index is 672. The molecule has 26 heavy (non-hydrogen) atoms. The lowest BCUT2D eigenvalue weighted by Crippen LogP contribution is -2.53. The maximum Gasteiger partial charge on any atom is 0.219 e. The van der Waals surface area contributed by atoms with Crippen LogP contribution in [0, 0.1) is 0 Å². The lowest BCUT2D eigenvalue weighted by Gasteiger charge is -2.41.